The van der Waals surface area contributed by atoms with Gasteiger partial charge in [-0.1, -0.05) is 44.2 Å². The maximum absolute atomic E-state index is 4.47. The number of rotatable bonds is 4. The molecular formula is C16H17BrN4. The number of nitrogens with zero attached hydrogens (tertiary/aromatic N) is 3. The first kappa shape index (κ1) is 14.1. The molecule has 0 atom stereocenters. The highest BCUT2D eigenvalue weighted by Crippen LogP contribution is 2.23. The van der Waals surface area contributed by atoms with Crippen LogP contribution in [0.2, 0.25) is 0 Å². The van der Waals surface area contributed by atoms with Gasteiger partial charge in [0.25, 0.3) is 0 Å². The van der Waals surface area contributed by atoms with E-state index in [0.717, 1.165) is 16.7 Å². The normalized spacial score (nSPS) is 11.8. The monoisotopic (exact) mass is 344 g/mol. The first-order chi connectivity index (χ1) is 10.0. The Morgan fingerprint density at radius 2 is 1.90 bits per heavy atom. The number of fused-ring (bicyclic) bond motifs is 1. The lowest BCUT2D eigenvalue weighted by Crippen LogP contribution is -2.27. The highest BCUT2D eigenvalue weighted by Gasteiger charge is 2.20. The third-order valence-electron chi connectivity index (χ3n) is 3.54. The van der Waals surface area contributed by atoms with Crippen LogP contribution in [0.4, 0.5) is 5.95 Å². The van der Waals surface area contributed by atoms with E-state index < -0.39 is 0 Å². The van der Waals surface area contributed by atoms with Crippen molar-refractivity contribution in [2.75, 3.05) is 11.9 Å². The highest BCUT2D eigenvalue weighted by atomic mass is 79.9. The van der Waals surface area contributed by atoms with Crippen LogP contribution in [0.1, 0.15) is 19.4 Å². The molecule has 2 aromatic heterocycles. The van der Waals surface area contributed by atoms with Gasteiger partial charge in [-0.25, -0.2) is 4.52 Å². The molecule has 0 spiro atoms. The predicted molar refractivity (Wildman–Crippen MR) is 88.6 cm³/mol. The molecule has 1 N–H and O–H groups in total. The van der Waals surface area contributed by atoms with Gasteiger partial charge in [0.2, 0.25) is 5.95 Å². The van der Waals surface area contributed by atoms with Crippen molar-refractivity contribution >= 4 is 27.5 Å². The molecule has 0 fully saturated rings. The second kappa shape index (κ2) is 5.48. The standard InChI is InChI=1S/C16H17BrN4/c1-16(2,12-6-4-3-5-7-12)11-18-15-19-14-9-8-13(17)10-21(14)20-15/h3-10H,11H2,1-2H3,(H,18,20). The van der Waals surface area contributed by atoms with Crippen LogP contribution in [0.15, 0.2) is 53.1 Å². The molecule has 1 aromatic carbocycles. The molecule has 0 unspecified atom stereocenters. The number of halogens is 1. The fraction of sp³-hybridized carbons (Fsp3) is 0.250. The summed E-state index contributed by atoms with van der Waals surface area (Å²) < 4.78 is 2.75. The third kappa shape index (κ3) is 3.08. The lowest BCUT2D eigenvalue weighted by atomic mass is 9.85. The van der Waals surface area contributed by atoms with Gasteiger partial charge in [-0.05, 0) is 33.6 Å². The molecule has 4 nitrogen and oxygen atoms in total. The topological polar surface area (TPSA) is 42.2 Å². The van der Waals surface area contributed by atoms with Crippen LogP contribution < -0.4 is 5.32 Å². The van der Waals surface area contributed by atoms with Crippen molar-refractivity contribution in [1.82, 2.24) is 14.6 Å². The third-order valence-corrected chi connectivity index (χ3v) is 4.01. The number of hydrogen-bond donors (Lipinski definition) is 1. The van der Waals surface area contributed by atoms with Crippen molar-refractivity contribution in [2.45, 2.75) is 19.3 Å². The fourth-order valence-corrected chi connectivity index (χ4v) is 2.55. The Morgan fingerprint density at radius 1 is 1.14 bits per heavy atom. The van der Waals surface area contributed by atoms with Gasteiger partial charge in [0.05, 0.1) is 0 Å². The first-order valence-corrected chi connectivity index (χ1v) is 7.65. The summed E-state index contributed by atoms with van der Waals surface area (Å²) in [5.74, 6) is 0.650. The second-order valence-electron chi connectivity index (χ2n) is 5.69. The van der Waals surface area contributed by atoms with E-state index in [1.54, 1.807) is 4.52 Å². The molecule has 0 aliphatic carbocycles. The number of anilines is 1. The predicted octanol–water partition coefficient (Wildman–Crippen LogP) is 3.88. The van der Waals surface area contributed by atoms with E-state index in [2.05, 4.69) is 69.4 Å². The molecule has 3 rings (SSSR count). The number of aromatic nitrogens is 3. The minimum absolute atomic E-state index is 0.0132. The Morgan fingerprint density at radius 3 is 2.67 bits per heavy atom. The zero-order valence-corrected chi connectivity index (χ0v) is 13.6. The van der Waals surface area contributed by atoms with E-state index in [0.29, 0.717) is 5.95 Å². The zero-order chi connectivity index (χ0) is 14.9. The minimum Gasteiger partial charge on any atom is -0.352 e. The Labute approximate surface area is 132 Å². The average molecular weight is 345 g/mol. The molecule has 5 heteroatoms. The van der Waals surface area contributed by atoms with Crippen molar-refractivity contribution < 1.29 is 0 Å². The van der Waals surface area contributed by atoms with Crippen LogP contribution in [-0.2, 0) is 5.41 Å². The van der Waals surface area contributed by atoms with E-state index in [9.17, 15) is 0 Å². The Balaban J connectivity index is 1.77. The molecule has 0 saturated heterocycles. The molecule has 0 radical (unpaired) electrons. The highest BCUT2D eigenvalue weighted by molar-refractivity contribution is 9.10. The van der Waals surface area contributed by atoms with Crippen LogP contribution in [0.3, 0.4) is 0 Å². The van der Waals surface area contributed by atoms with Crippen LogP contribution in [0, 0.1) is 0 Å². The maximum atomic E-state index is 4.47. The smallest absolute Gasteiger partial charge is 0.243 e. The van der Waals surface area contributed by atoms with Gasteiger partial charge in [0, 0.05) is 22.6 Å². The summed E-state index contributed by atoms with van der Waals surface area (Å²) in [6.07, 6.45) is 1.90. The molecule has 0 aliphatic rings. The van der Waals surface area contributed by atoms with Crippen molar-refractivity contribution in [2.24, 2.45) is 0 Å². The summed E-state index contributed by atoms with van der Waals surface area (Å²) in [6, 6.07) is 14.4. The quantitative estimate of drug-likeness (QED) is 0.780. The first-order valence-electron chi connectivity index (χ1n) is 6.86. The Hall–Kier alpha value is -1.88. The van der Waals surface area contributed by atoms with E-state index >= 15 is 0 Å². The van der Waals surface area contributed by atoms with Gasteiger partial charge in [-0.15, -0.1) is 5.10 Å². The Kier molecular flexibility index (Phi) is 3.68. The van der Waals surface area contributed by atoms with E-state index in [1.807, 2.05) is 24.4 Å². The summed E-state index contributed by atoms with van der Waals surface area (Å²) in [4.78, 5) is 4.47. The molecule has 2 heterocycles. The van der Waals surface area contributed by atoms with E-state index in [-0.39, 0.29) is 5.41 Å². The summed E-state index contributed by atoms with van der Waals surface area (Å²) in [5, 5.41) is 7.77. The summed E-state index contributed by atoms with van der Waals surface area (Å²) in [7, 11) is 0. The SMILES string of the molecule is CC(C)(CNc1nc2ccc(Br)cn2n1)c1ccccc1. The van der Waals surface area contributed by atoms with Crippen LogP contribution in [-0.4, -0.2) is 21.1 Å². The lowest BCUT2D eigenvalue weighted by Gasteiger charge is -2.25. The summed E-state index contributed by atoms with van der Waals surface area (Å²) in [6.45, 7) is 5.19. The molecule has 108 valence electrons. The number of benzene rings is 1. The summed E-state index contributed by atoms with van der Waals surface area (Å²) in [5.41, 5.74) is 2.14. The van der Waals surface area contributed by atoms with Gasteiger partial charge in [-0.3, -0.25) is 0 Å². The zero-order valence-electron chi connectivity index (χ0n) is 12.0. The molecule has 21 heavy (non-hydrogen) atoms. The largest absolute Gasteiger partial charge is 0.352 e. The fourth-order valence-electron chi connectivity index (χ4n) is 2.22. The molecule has 3 aromatic rings. The lowest BCUT2D eigenvalue weighted by molar-refractivity contribution is 0.555. The molecule has 0 amide bonds. The molecule has 0 saturated carbocycles. The number of pyridine rings is 1. The van der Waals surface area contributed by atoms with Crippen molar-refractivity contribution in [3.05, 3.63) is 58.7 Å². The van der Waals surface area contributed by atoms with Gasteiger partial charge in [0.15, 0.2) is 5.65 Å². The van der Waals surface area contributed by atoms with Gasteiger partial charge < -0.3 is 5.32 Å². The van der Waals surface area contributed by atoms with Crippen LogP contribution in [0.25, 0.3) is 5.65 Å². The average Bonchev–Trinajstić information content (AvgIpc) is 2.88. The second-order valence-corrected chi connectivity index (χ2v) is 6.60. The van der Waals surface area contributed by atoms with Crippen molar-refractivity contribution in [3.63, 3.8) is 0 Å². The van der Waals surface area contributed by atoms with Crippen molar-refractivity contribution in [3.8, 4) is 0 Å². The van der Waals surface area contributed by atoms with E-state index in [4.69, 9.17) is 0 Å². The number of hydrogen-bond acceptors (Lipinski definition) is 3. The summed E-state index contributed by atoms with van der Waals surface area (Å²) >= 11 is 3.43. The van der Waals surface area contributed by atoms with Crippen molar-refractivity contribution in [1.29, 1.82) is 0 Å². The van der Waals surface area contributed by atoms with Crippen LogP contribution >= 0.6 is 15.9 Å². The number of nitrogens with one attached hydrogen (secondary N) is 1. The molecule has 0 aliphatic heterocycles. The minimum atomic E-state index is 0.0132. The van der Waals surface area contributed by atoms with E-state index in [1.165, 1.54) is 5.56 Å². The Bertz CT molecular complexity index is 749. The maximum Gasteiger partial charge on any atom is 0.243 e. The van der Waals surface area contributed by atoms with Gasteiger partial charge in [-0.2, -0.15) is 4.98 Å². The van der Waals surface area contributed by atoms with Crippen LogP contribution in [0.5, 0.6) is 0 Å². The molecule has 0 bridgehead atoms. The van der Waals surface area contributed by atoms with Gasteiger partial charge >= 0.3 is 0 Å². The van der Waals surface area contributed by atoms with Gasteiger partial charge in [0.1, 0.15) is 0 Å². The molecular weight excluding hydrogens is 328 g/mol.